The molecule has 1 N–H and O–H groups in total. The van der Waals surface area contributed by atoms with Crippen molar-refractivity contribution >= 4 is 22.7 Å². The third-order valence-corrected chi connectivity index (χ3v) is 4.05. The van der Waals surface area contributed by atoms with Gasteiger partial charge in [-0.3, -0.25) is 9.59 Å². The molecule has 0 spiro atoms. The van der Waals surface area contributed by atoms with Gasteiger partial charge in [-0.25, -0.2) is 0 Å². The van der Waals surface area contributed by atoms with Crippen molar-refractivity contribution in [1.82, 2.24) is 14.8 Å². The average Bonchev–Trinajstić information content (AvgIpc) is 2.97. The Bertz CT molecular complexity index is 730. The Morgan fingerprint density at radius 1 is 1.04 bits per heavy atom. The summed E-state index contributed by atoms with van der Waals surface area (Å²) in [5.74, 6) is 0.0261. The van der Waals surface area contributed by atoms with Crippen molar-refractivity contribution in [3.63, 3.8) is 0 Å². The van der Waals surface area contributed by atoms with Gasteiger partial charge in [0.2, 0.25) is 5.91 Å². The first-order chi connectivity index (χ1) is 11.0. The van der Waals surface area contributed by atoms with Crippen LogP contribution in [-0.4, -0.2) is 52.8 Å². The summed E-state index contributed by atoms with van der Waals surface area (Å²) in [6.07, 6.45) is 1.65. The fraction of sp³-hybridized carbons (Fsp3) is 0.333. The molecule has 1 aliphatic rings. The van der Waals surface area contributed by atoms with Crippen LogP contribution in [0.3, 0.4) is 0 Å². The lowest BCUT2D eigenvalue weighted by Crippen LogP contribution is -2.50. The van der Waals surface area contributed by atoms with Crippen LogP contribution in [0.5, 0.6) is 0 Å². The van der Waals surface area contributed by atoms with E-state index in [9.17, 15) is 9.59 Å². The number of H-pyrrole nitrogens is 1. The molecular formula is C18H21N3O2. The summed E-state index contributed by atoms with van der Waals surface area (Å²) < 4.78 is 0. The number of aromatic nitrogens is 1. The predicted molar refractivity (Wildman–Crippen MR) is 90.2 cm³/mol. The van der Waals surface area contributed by atoms with Crippen LogP contribution in [-0.2, 0) is 4.79 Å². The van der Waals surface area contributed by atoms with Gasteiger partial charge in [0.15, 0.2) is 0 Å². The Morgan fingerprint density at radius 2 is 1.70 bits per heavy atom. The Balaban J connectivity index is 1.66. The van der Waals surface area contributed by atoms with E-state index < -0.39 is 0 Å². The van der Waals surface area contributed by atoms with Crippen molar-refractivity contribution in [3.05, 3.63) is 47.7 Å². The van der Waals surface area contributed by atoms with Gasteiger partial charge in [-0.2, -0.15) is 0 Å². The zero-order valence-corrected chi connectivity index (χ0v) is 13.5. The van der Waals surface area contributed by atoms with Crippen LogP contribution in [0.4, 0.5) is 0 Å². The van der Waals surface area contributed by atoms with E-state index >= 15 is 0 Å². The molecule has 1 aromatic heterocycles. The summed E-state index contributed by atoms with van der Waals surface area (Å²) >= 11 is 0. The SMILES string of the molecule is CC(C)=CC(=O)N1CCN(C(=O)c2cc3ccccc3[nH]2)CC1. The molecule has 0 aliphatic carbocycles. The van der Waals surface area contributed by atoms with E-state index in [4.69, 9.17) is 0 Å². The topological polar surface area (TPSA) is 56.4 Å². The first-order valence-electron chi connectivity index (χ1n) is 7.85. The quantitative estimate of drug-likeness (QED) is 0.866. The molecule has 1 aromatic carbocycles. The molecular weight excluding hydrogens is 290 g/mol. The summed E-state index contributed by atoms with van der Waals surface area (Å²) in [7, 11) is 0. The van der Waals surface area contributed by atoms with Crippen LogP contribution in [0.25, 0.3) is 10.9 Å². The van der Waals surface area contributed by atoms with Crippen molar-refractivity contribution in [2.24, 2.45) is 0 Å². The summed E-state index contributed by atoms with van der Waals surface area (Å²) in [6, 6.07) is 9.73. The number of nitrogens with one attached hydrogen (secondary N) is 1. The number of fused-ring (bicyclic) bond motifs is 1. The van der Waals surface area contributed by atoms with Crippen molar-refractivity contribution in [1.29, 1.82) is 0 Å². The average molecular weight is 311 g/mol. The second-order valence-corrected chi connectivity index (χ2v) is 6.11. The van der Waals surface area contributed by atoms with Gasteiger partial charge in [0.05, 0.1) is 0 Å². The Kier molecular flexibility index (Phi) is 4.19. The van der Waals surface area contributed by atoms with Crippen LogP contribution in [0.2, 0.25) is 0 Å². The van der Waals surface area contributed by atoms with Crippen molar-refractivity contribution in [3.8, 4) is 0 Å². The molecule has 2 amide bonds. The number of benzene rings is 1. The van der Waals surface area contributed by atoms with Gasteiger partial charge in [-0.15, -0.1) is 0 Å². The number of amides is 2. The van der Waals surface area contributed by atoms with Gasteiger partial charge < -0.3 is 14.8 Å². The minimum atomic E-state index is -0.00415. The Morgan fingerprint density at radius 3 is 2.35 bits per heavy atom. The van der Waals surface area contributed by atoms with Gasteiger partial charge in [-0.1, -0.05) is 23.8 Å². The van der Waals surface area contributed by atoms with E-state index in [1.54, 1.807) is 15.9 Å². The summed E-state index contributed by atoms with van der Waals surface area (Å²) in [4.78, 5) is 31.4. The number of aromatic amines is 1. The van der Waals surface area contributed by atoms with Gasteiger partial charge >= 0.3 is 0 Å². The highest BCUT2D eigenvalue weighted by Gasteiger charge is 2.24. The third kappa shape index (κ3) is 3.28. The molecule has 1 aliphatic heterocycles. The van der Waals surface area contributed by atoms with Crippen LogP contribution in [0, 0.1) is 0 Å². The lowest BCUT2D eigenvalue weighted by atomic mass is 10.2. The van der Waals surface area contributed by atoms with Gasteiger partial charge in [0.1, 0.15) is 5.69 Å². The molecule has 3 rings (SSSR count). The van der Waals surface area contributed by atoms with E-state index in [0.29, 0.717) is 31.9 Å². The molecule has 0 atom stereocenters. The predicted octanol–water partition coefficient (Wildman–Crippen LogP) is 2.42. The Hall–Kier alpha value is -2.56. The van der Waals surface area contributed by atoms with Crippen molar-refractivity contribution in [2.75, 3.05) is 26.2 Å². The minimum absolute atomic E-state index is 0.00415. The fourth-order valence-corrected chi connectivity index (χ4v) is 2.83. The number of hydrogen-bond donors (Lipinski definition) is 1. The largest absolute Gasteiger partial charge is 0.351 e. The third-order valence-electron chi connectivity index (χ3n) is 4.05. The zero-order chi connectivity index (χ0) is 16.4. The van der Waals surface area contributed by atoms with Crippen molar-refractivity contribution in [2.45, 2.75) is 13.8 Å². The van der Waals surface area contributed by atoms with E-state index in [2.05, 4.69) is 4.98 Å². The monoisotopic (exact) mass is 311 g/mol. The van der Waals surface area contributed by atoms with Crippen LogP contribution < -0.4 is 0 Å². The fourth-order valence-electron chi connectivity index (χ4n) is 2.83. The molecule has 0 unspecified atom stereocenters. The maximum atomic E-state index is 12.6. The number of piperazine rings is 1. The first kappa shape index (κ1) is 15.3. The molecule has 120 valence electrons. The van der Waals surface area contributed by atoms with Crippen molar-refractivity contribution < 1.29 is 9.59 Å². The number of carbonyl (C=O) groups is 2. The lowest BCUT2D eigenvalue weighted by Gasteiger charge is -2.34. The van der Waals surface area contributed by atoms with Crippen LogP contribution >= 0.6 is 0 Å². The smallest absolute Gasteiger partial charge is 0.270 e. The normalized spacial score (nSPS) is 14.9. The highest BCUT2D eigenvalue weighted by molar-refractivity contribution is 5.98. The second-order valence-electron chi connectivity index (χ2n) is 6.11. The van der Waals surface area contributed by atoms with Gasteiger partial charge in [-0.05, 0) is 26.0 Å². The van der Waals surface area contributed by atoms with E-state index in [1.807, 2.05) is 44.2 Å². The molecule has 0 saturated carbocycles. The first-order valence-corrected chi connectivity index (χ1v) is 7.85. The van der Waals surface area contributed by atoms with E-state index in [0.717, 1.165) is 16.5 Å². The van der Waals surface area contributed by atoms with Gasteiger partial charge in [0, 0.05) is 43.2 Å². The number of para-hydroxylation sites is 1. The number of hydrogen-bond acceptors (Lipinski definition) is 2. The number of carbonyl (C=O) groups excluding carboxylic acids is 2. The molecule has 1 saturated heterocycles. The van der Waals surface area contributed by atoms with E-state index in [-0.39, 0.29) is 11.8 Å². The summed E-state index contributed by atoms with van der Waals surface area (Å²) in [5, 5.41) is 1.04. The standard InChI is InChI=1S/C18H21N3O2/c1-13(2)11-17(22)20-7-9-21(10-8-20)18(23)16-12-14-5-3-4-6-15(14)19-16/h3-6,11-12,19H,7-10H2,1-2H3. The van der Waals surface area contributed by atoms with E-state index in [1.165, 1.54) is 0 Å². The molecule has 23 heavy (non-hydrogen) atoms. The maximum Gasteiger partial charge on any atom is 0.270 e. The molecule has 2 heterocycles. The van der Waals surface area contributed by atoms with Crippen LogP contribution in [0.15, 0.2) is 42.0 Å². The summed E-state index contributed by atoms with van der Waals surface area (Å²) in [5.41, 5.74) is 2.56. The number of allylic oxidation sites excluding steroid dienone is 1. The molecule has 5 nitrogen and oxygen atoms in total. The number of nitrogens with zero attached hydrogens (tertiary/aromatic N) is 2. The summed E-state index contributed by atoms with van der Waals surface area (Å²) in [6.45, 7) is 6.11. The minimum Gasteiger partial charge on any atom is -0.351 e. The van der Waals surface area contributed by atoms with Gasteiger partial charge in [0.25, 0.3) is 5.91 Å². The maximum absolute atomic E-state index is 12.6. The molecule has 0 bridgehead atoms. The lowest BCUT2D eigenvalue weighted by molar-refractivity contribution is -0.127. The highest BCUT2D eigenvalue weighted by Crippen LogP contribution is 2.17. The molecule has 0 radical (unpaired) electrons. The highest BCUT2D eigenvalue weighted by atomic mass is 16.2. The molecule has 1 fully saturated rings. The number of rotatable bonds is 2. The van der Waals surface area contributed by atoms with Crippen LogP contribution in [0.1, 0.15) is 24.3 Å². The molecule has 2 aromatic rings. The zero-order valence-electron chi connectivity index (χ0n) is 13.5. The molecule has 5 heteroatoms. The second kappa shape index (κ2) is 6.28. The Labute approximate surface area is 135 Å².